The van der Waals surface area contributed by atoms with Crippen molar-refractivity contribution in [2.75, 3.05) is 14.2 Å². The maximum Gasteiger partial charge on any atom is 0.165 e. The number of ketones is 1. The predicted octanol–water partition coefficient (Wildman–Crippen LogP) is 9.80. The van der Waals surface area contributed by atoms with Gasteiger partial charge in [-0.15, -0.1) is 0 Å². The first kappa shape index (κ1) is 30.2. The van der Waals surface area contributed by atoms with Crippen molar-refractivity contribution in [2.45, 2.75) is 102 Å². The molecule has 2 aliphatic rings. The van der Waals surface area contributed by atoms with E-state index >= 15 is 0 Å². The number of rotatable bonds is 13. The predicted molar refractivity (Wildman–Crippen MR) is 166 cm³/mol. The molecule has 1 fully saturated rings. The van der Waals surface area contributed by atoms with E-state index in [9.17, 15) is 4.79 Å². The molecule has 0 radical (unpaired) electrons. The van der Waals surface area contributed by atoms with Crippen LogP contribution < -0.4 is 4.74 Å². The molecule has 40 heavy (non-hydrogen) atoms. The lowest BCUT2D eigenvalue weighted by Crippen LogP contribution is -2.35. The minimum absolute atomic E-state index is 0.0425. The van der Waals surface area contributed by atoms with E-state index in [1.807, 2.05) is 6.07 Å². The fraction of sp³-hybridized carbons (Fsp3) is 0.541. The van der Waals surface area contributed by atoms with Gasteiger partial charge in [0, 0.05) is 16.9 Å². The molecule has 0 aromatic heterocycles. The van der Waals surface area contributed by atoms with Gasteiger partial charge < -0.3 is 9.47 Å². The van der Waals surface area contributed by atoms with Crippen molar-refractivity contribution in [2.24, 2.45) is 11.8 Å². The van der Waals surface area contributed by atoms with Crippen molar-refractivity contribution in [3.63, 3.8) is 0 Å². The summed E-state index contributed by atoms with van der Waals surface area (Å²) in [5.74, 6) is 2.85. The second-order valence-electron chi connectivity index (χ2n) is 12.0. The lowest BCUT2D eigenvalue weighted by Gasteiger charge is -2.42. The Morgan fingerprint density at radius 2 is 1.62 bits per heavy atom. The molecule has 0 amide bonds. The van der Waals surface area contributed by atoms with Crippen LogP contribution in [0.1, 0.15) is 112 Å². The van der Waals surface area contributed by atoms with Crippen LogP contribution in [-0.4, -0.2) is 20.0 Å². The molecule has 1 saturated carbocycles. The number of benzene rings is 2. The molecule has 2 atom stereocenters. The Kier molecular flexibility index (Phi) is 11.5. The molecule has 216 valence electrons. The Balaban J connectivity index is 1.53. The highest BCUT2D eigenvalue weighted by Gasteiger charge is 2.38. The molecule has 2 aromatic carbocycles. The van der Waals surface area contributed by atoms with Crippen molar-refractivity contribution < 1.29 is 14.3 Å². The maximum atomic E-state index is 13.4. The largest absolute Gasteiger partial charge is 0.497 e. The van der Waals surface area contributed by atoms with Crippen LogP contribution in [0, 0.1) is 11.8 Å². The zero-order valence-corrected chi connectivity index (χ0v) is 25.1. The fourth-order valence-electron chi connectivity index (χ4n) is 7.02. The monoisotopic (exact) mass is 542 g/mol. The Bertz CT molecular complexity index is 1120. The van der Waals surface area contributed by atoms with Gasteiger partial charge in [0.25, 0.3) is 0 Å². The highest BCUT2D eigenvalue weighted by molar-refractivity contribution is 5.98. The van der Waals surface area contributed by atoms with Gasteiger partial charge in [-0.05, 0) is 92.3 Å². The smallest absolute Gasteiger partial charge is 0.165 e. The van der Waals surface area contributed by atoms with Gasteiger partial charge in [-0.1, -0.05) is 88.3 Å². The molecule has 0 heterocycles. The molecule has 4 rings (SSSR count). The summed E-state index contributed by atoms with van der Waals surface area (Å²) in [5, 5.41) is 0. The molecule has 0 spiro atoms. The van der Waals surface area contributed by atoms with Gasteiger partial charge in [0.1, 0.15) is 11.5 Å². The molecule has 2 aromatic rings. The van der Waals surface area contributed by atoms with Crippen molar-refractivity contribution in [1.29, 1.82) is 0 Å². The van der Waals surface area contributed by atoms with Crippen molar-refractivity contribution in [3.05, 3.63) is 89.2 Å². The average Bonchev–Trinajstić information content (AvgIpc) is 2.99. The maximum absolute atomic E-state index is 13.4. The van der Waals surface area contributed by atoms with Gasteiger partial charge in [-0.3, -0.25) is 4.79 Å². The Morgan fingerprint density at radius 1 is 0.900 bits per heavy atom. The fourth-order valence-corrected chi connectivity index (χ4v) is 7.02. The lowest BCUT2D eigenvalue weighted by atomic mass is 9.62. The van der Waals surface area contributed by atoms with Gasteiger partial charge >= 0.3 is 0 Å². The molecule has 0 saturated heterocycles. The summed E-state index contributed by atoms with van der Waals surface area (Å²) in [6.45, 7) is 2.29. The van der Waals surface area contributed by atoms with E-state index in [0.29, 0.717) is 11.7 Å². The molecule has 3 heteroatoms. The SMILES string of the molecule is CCCCC(CCCc1cccc(C(=O)C2CCCCCCC2)c1)(c1ccc(OC)cc1)[C@@H]1C=CC(OC)=CC1. The first-order chi connectivity index (χ1) is 19.6. The summed E-state index contributed by atoms with van der Waals surface area (Å²) in [7, 11) is 3.48. The molecule has 0 aliphatic heterocycles. The molecular formula is C37H50O3. The van der Waals surface area contributed by atoms with Gasteiger partial charge in [-0.25, -0.2) is 0 Å². The molecule has 0 N–H and O–H groups in total. The highest BCUT2D eigenvalue weighted by Crippen LogP contribution is 2.46. The number of hydrogen-bond donors (Lipinski definition) is 0. The number of unbranched alkanes of at least 4 members (excludes halogenated alkanes) is 1. The van der Waals surface area contributed by atoms with E-state index in [-0.39, 0.29) is 11.3 Å². The number of aryl methyl sites for hydroxylation is 1. The number of hydrogen-bond acceptors (Lipinski definition) is 3. The van der Waals surface area contributed by atoms with Gasteiger partial charge in [0.05, 0.1) is 14.2 Å². The van der Waals surface area contributed by atoms with Crippen molar-refractivity contribution >= 4 is 5.78 Å². The zero-order chi connectivity index (χ0) is 28.2. The minimum atomic E-state index is 0.0425. The van der Waals surface area contributed by atoms with E-state index in [1.165, 1.54) is 56.1 Å². The number of methoxy groups -OCH3 is 2. The molecule has 0 bridgehead atoms. The third-order valence-corrected chi connectivity index (χ3v) is 9.43. The van der Waals surface area contributed by atoms with Crippen LogP contribution in [0.2, 0.25) is 0 Å². The van der Waals surface area contributed by atoms with Gasteiger partial charge in [0.15, 0.2) is 5.78 Å². The number of carbonyl (C=O) groups excluding carboxylic acids is 1. The Morgan fingerprint density at radius 3 is 2.27 bits per heavy atom. The van der Waals surface area contributed by atoms with Crippen LogP contribution in [0.15, 0.2) is 72.5 Å². The lowest BCUT2D eigenvalue weighted by molar-refractivity contribution is 0.0898. The first-order valence-corrected chi connectivity index (χ1v) is 15.8. The number of Topliss-reactive ketones (excluding diaryl/α,β-unsaturated/α-hetero) is 1. The van der Waals surface area contributed by atoms with E-state index in [0.717, 1.165) is 62.0 Å². The second-order valence-corrected chi connectivity index (χ2v) is 12.0. The molecule has 2 aliphatic carbocycles. The van der Waals surface area contributed by atoms with Crippen LogP contribution in [-0.2, 0) is 16.6 Å². The number of allylic oxidation sites excluding steroid dienone is 3. The quantitative estimate of drug-likeness (QED) is 0.236. The minimum Gasteiger partial charge on any atom is -0.497 e. The molecule has 1 unspecified atom stereocenters. The molecular weight excluding hydrogens is 492 g/mol. The summed E-state index contributed by atoms with van der Waals surface area (Å²) < 4.78 is 11.0. The normalized spacial score (nSPS) is 19.7. The standard InChI is InChI=1S/C37H50O3/c1-4-5-26-37(32-18-22-34(39-2)23-19-32,33-20-24-35(40-3)25-21-33)27-12-14-29-13-11-17-31(28-29)36(38)30-15-9-7-6-8-10-16-30/h11,13,17-20,22-25,28,30,33H,4-10,12,14-16,21,26-27H2,1-3H3/t33-,37?/m1/s1. The van der Waals surface area contributed by atoms with E-state index in [2.05, 4.69) is 67.6 Å². The number of ether oxygens (including phenoxy) is 2. The second kappa shape index (κ2) is 15.3. The first-order valence-electron chi connectivity index (χ1n) is 15.8. The van der Waals surface area contributed by atoms with Crippen LogP contribution >= 0.6 is 0 Å². The van der Waals surface area contributed by atoms with Crippen molar-refractivity contribution in [1.82, 2.24) is 0 Å². The van der Waals surface area contributed by atoms with E-state index < -0.39 is 0 Å². The van der Waals surface area contributed by atoms with Crippen molar-refractivity contribution in [3.8, 4) is 5.75 Å². The van der Waals surface area contributed by atoms with E-state index in [1.54, 1.807) is 14.2 Å². The average molecular weight is 543 g/mol. The topological polar surface area (TPSA) is 35.5 Å². The summed E-state index contributed by atoms with van der Waals surface area (Å²) in [5.41, 5.74) is 3.65. The summed E-state index contributed by atoms with van der Waals surface area (Å²) in [6, 6.07) is 17.3. The molecule has 3 nitrogen and oxygen atoms in total. The Hall–Kier alpha value is -2.81. The number of carbonyl (C=O) groups is 1. The van der Waals surface area contributed by atoms with E-state index in [4.69, 9.17) is 9.47 Å². The summed E-state index contributed by atoms with van der Waals surface area (Å²) in [4.78, 5) is 13.4. The summed E-state index contributed by atoms with van der Waals surface area (Å²) >= 11 is 0. The van der Waals surface area contributed by atoms with Gasteiger partial charge in [0.2, 0.25) is 0 Å². The zero-order valence-electron chi connectivity index (χ0n) is 25.1. The van der Waals surface area contributed by atoms with Crippen LogP contribution in [0.25, 0.3) is 0 Å². The highest BCUT2D eigenvalue weighted by atomic mass is 16.5. The van der Waals surface area contributed by atoms with Crippen LogP contribution in [0.4, 0.5) is 0 Å². The van der Waals surface area contributed by atoms with Gasteiger partial charge in [-0.2, -0.15) is 0 Å². The third-order valence-electron chi connectivity index (χ3n) is 9.43. The van der Waals surface area contributed by atoms with Crippen LogP contribution in [0.5, 0.6) is 5.75 Å². The Labute approximate surface area is 243 Å². The third kappa shape index (κ3) is 7.68. The van der Waals surface area contributed by atoms with Crippen LogP contribution in [0.3, 0.4) is 0 Å². The summed E-state index contributed by atoms with van der Waals surface area (Å²) in [6.07, 6.45) is 22.9.